The molecule has 0 saturated heterocycles. The van der Waals surface area contributed by atoms with E-state index in [1.54, 1.807) is 23.6 Å². The van der Waals surface area contributed by atoms with Gasteiger partial charge in [0.15, 0.2) is 0 Å². The summed E-state index contributed by atoms with van der Waals surface area (Å²) in [5, 5.41) is 4.21. The lowest BCUT2D eigenvalue weighted by molar-refractivity contribution is 0.0954. The van der Waals surface area contributed by atoms with Gasteiger partial charge in [-0.1, -0.05) is 35.9 Å². The Morgan fingerprint density at radius 3 is 2.65 bits per heavy atom. The van der Waals surface area contributed by atoms with Crippen LogP contribution in [-0.4, -0.2) is 27.0 Å². The van der Waals surface area contributed by atoms with E-state index in [9.17, 15) is 9.59 Å². The van der Waals surface area contributed by atoms with Crippen LogP contribution in [0.5, 0.6) is 0 Å². The quantitative estimate of drug-likeness (QED) is 0.399. The number of para-hydroxylation sites is 2. The van der Waals surface area contributed by atoms with Gasteiger partial charge in [-0.2, -0.15) is 0 Å². The van der Waals surface area contributed by atoms with E-state index in [1.165, 1.54) is 16.5 Å². The highest BCUT2D eigenvalue weighted by Crippen LogP contribution is 2.20. The molecule has 5 aromatic rings. The van der Waals surface area contributed by atoms with Crippen LogP contribution in [0.3, 0.4) is 0 Å². The minimum absolute atomic E-state index is 0.104. The number of fused-ring (bicyclic) bond motifs is 2. The van der Waals surface area contributed by atoms with Gasteiger partial charge < -0.3 is 14.9 Å². The Bertz CT molecular complexity index is 1560. The van der Waals surface area contributed by atoms with Crippen LogP contribution >= 0.6 is 0 Å². The van der Waals surface area contributed by atoms with Gasteiger partial charge in [-0.05, 0) is 67.8 Å². The third-order valence-corrected chi connectivity index (χ3v) is 6.17. The van der Waals surface area contributed by atoms with Crippen molar-refractivity contribution < 1.29 is 4.79 Å². The molecule has 2 aromatic heterocycles. The summed E-state index contributed by atoms with van der Waals surface area (Å²) in [6.07, 6.45) is 2.77. The maximum atomic E-state index is 12.7. The Labute approximate surface area is 197 Å². The number of rotatable bonds is 6. The highest BCUT2D eigenvalue weighted by atomic mass is 16.1. The molecule has 170 valence electrons. The van der Waals surface area contributed by atoms with Crippen LogP contribution in [0.2, 0.25) is 0 Å². The molecular formula is C28H26N4O2. The van der Waals surface area contributed by atoms with Gasteiger partial charge in [0.1, 0.15) is 5.69 Å². The van der Waals surface area contributed by atoms with E-state index in [1.807, 2.05) is 42.6 Å². The van der Waals surface area contributed by atoms with Crippen molar-refractivity contribution in [2.45, 2.75) is 26.8 Å². The number of aromatic nitrogens is 3. The monoisotopic (exact) mass is 450 g/mol. The number of benzene rings is 3. The van der Waals surface area contributed by atoms with Crippen molar-refractivity contribution in [1.82, 2.24) is 19.9 Å². The largest absolute Gasteiger partial charge is 0.361 e. The lowest BCUT2D eigenvalue weighted by Crippen LogP contribution is -2.26. The van der Waals surface area contributed by atoms with Crippen LogP contribution in [0.4, 0.5) is 0 Å². The van der Waals surface area contributed by atoms with Crippen LogP contribution in [-0.2, 0) is 13.0 Å². The number of H-pyrrole nitrogens is 1. The maximum absolute atomic E-state index is 12.7. The van der Waals surface area contributed by atoms with Gasteiger partial charge in [0.25, 0.3) is 11.5 Å². The highest BCUT2D eigenvalue weighted by Gasteiger charge is 2.10. The topological polar surface area (TPSA) is 79.8 Å². The molecule has 0 unspecified atom stereocenters. The van der Waals surface area contributed by atoms with Crippen molar-refractivity contribution in [2.75, 3.05) is 6.54 Å². The summed E-state index contributed by atoms with van der Waals surface area (Å²) in [4.78, 5) is 33.0. The van der Waals surface area contributed by atoms with E-state index in [-0.39, 0.29) is 11.5 Å². The Kier molecular flexibility index (Phi) is 5.72. The van der Waals surface area contributed by atoms with Crippen molar-refractivity contribution in [1.29, 1.82) is 0 Å². The fraction of sp³-hybridized carbons (Fsp3) is 0.179. The molecule has 6 nitrogen and oxygen atoms in total. The molecule has 3 aromatic carbocycles. The molecule has 6 heteroatoms. The second-order valence-electron chi connectivity index (χ2n) is 8.64. The van der Waals surface area contributed by atoms with Crippen LogP contribution in [0.1, 0.15) is 32.7 Å². The maximum Gasteiger partial charge on any atom is 0.272 e. The van der Waals surface area contributed by atoms with Gasteiger partial charge in [-0.15, -0.1) is 0 Å². The number of aromatic amines is 1. The third-order valence-electron chi connectivity index (χ3n) is 6.17. The first-order valence-electron chi connectivity index (χ1n) is 11.4. The van der Waals surface area contributed by atoms with Crippen LogP contribution in [0.25, 0.3) is 21.9 Å². The first-order valence-corrected chi connectivity index (χ1v) is 11.4. The Balaban J connectivity index is 1.26. The average Bonchev–Trinajstić information content (AvgIpc) is 3.24. The first-order chi connectivity index (χ1) is 16.5. The van der Waals surface area contributed by atoms with Gasteiger partial charge in [0, 0.05) is 29.2 Å². The second kappa shape index (κ2) is 8.98. The van der Waals surface area contributed by atoms with E-state index >= 15 is 0 Å². The summed E-state index contributed by atoms with van der Waals surface area (Å²) in [5.41, 5.74) is 7.03. The van der Waals surface area contributed by atoms with Gasteiger partial charge in [0.05, 0.1) is 17.6 Å². The van der Waals surface area contributed by atoms with Crippen molar-refractivity contribution in [3.63, 3.8) is 0 Å². The number of carbonyl (C=O) groups excluding carboxylic acids is 1. The number of carbonyl (C=O) groups is 1. The summed E-state index contributed by atoms with van der Waals surface area (Å²) >= 11 is 0. The zero-order valence-electron chi connectivity index (χ0n) is 19.3. The number of aryl methyl sites for hydroxylation is 2. The van der Waals surface area contributed by atoms with E-state index in [4.69, 9.17) is 0 Å². The molecule has 0 aliphatic carbocycles. The van der Waals surface area contributed by atoms with E-state index in [0.717, 1.165) is 28.5 Å². The lowest BCUT2D eigenvalue weighted by atomic mass is 10.1. The van der Waals surface area contributed by atoms with Crippen molar-refractivity contribution in [3.8, 4) is 0 Å². The molecule has 0 radical (unpaired) electrons. The Hall–Kier alpha value is -4.19. The van der Waals surface area contributed by atoms with E-state index < -0.39 is 0 Å². The van der Waals surface area contributed by atoms with Gasteiger partial charge in [-0.3, -0.25) is 9.59 Å². The summed E-state index contributed by atoms with van der Waals surface area (Å²) in [6.45, 7) is 4.79. The molecule has 0 aliphatic heterocycles. The molecular weight excluding hydrogens is 424 g/mol. The van der Waals surface area contributed by atoms with E-state index in [0.29, 0.717) is 24.3 Å². The number of hydrogen-bond acceptors (Lipinski definition) is 3. The molecule has 0 spiro atoms. The highest BCUT2D eigenvalue weighted by molar-refractivity contribution is 5.94. The normalized spacial score (nSPS) is 11.2. The average molecular weight is 451 g/mol. The zero-order chi connectivity index (χ0) is 23.7. The SMILES string of the molecule is Cc1ccc2[nH]cc(CCNC(=O)c3ccc(Cn4c(=O)c(C)nc5ccccc54)cc3)c2c1. The molecule has 34 heavy (non-hydrogen) atoms. The molecule has 2 heterocycles. The van der Waals surface area contributed by atoms with Crippen LogP contribution in [0.15, 0.2) is 77.7 Å². The summed E-state index contributed by atoms with van der Waals surface area (Å²) < 4.78 is 1.73. The summed E-state index contributed by atoms with van der Waals surface area (Å²) in [6, 6.07) is 21.4. The second-order valence-corrected chi connectivity index (χ2v) is 8.64. The smallest absolute Gasteiger partial charge is 0.272 e. The Morgan fingerprint density at radius 1 is 1.03 bits per heavy atom. The zero-order valence-corrected chi connectivity index (χ0v) is 19.3. The molecule has 5 rings (SSSR count). The molecule has 0 fully saturated rings. The van der Waals surface area contributed by atoms with Gasteiger partial charge in [-0.25, -0.2) is 4.98 Å². The summed E-state index contributed by atoms with van der Waals surface area (Å²) in [5.74, 6) is -0.107. The number of nitrogens with one attached hydrogen (secondary N) is 2. The molecule has 2 N–H and O–H groups in total. The van der Waals surface area contributed by atoms with Crippen LogP contribution < -0.4 is 10.9 Å². The molecule has 0 saturated carbocycles. The molecule has 0 bridgehead atoms. The fourth-order valence-electron chi connectivity index (χ4n) is 4.33. The molecule has 1 amide bonds. The van der Waals surface area contributed by atoms with Crippen molar-refractivity contribution >= 4 is 27.8 Å². The number of hydrogen-bond donors (Lipinski definition) is 2. The summed E-state index contributed by atoms with van der Waals surface area (Å²) in [7, 11) is 0. The minimum atomic E-state index is -0.107. The first kappa shape index (κ1) is 21.6. The molecule has 0 aliphatic rings. The third kappa shape index (κ3) is 4.22. The number of amides is 1. The predicted octanol–water partition coefficient (Wildman–Crippen LogP) is 4.52. The predicted molar refractivity (Wildman–Crippen MR) is 135 cm³/mol. The Morgan fingerprint density at radius 2 is 1.82 bits per heavy atom. The van der Waals surface area contributed by atoms with Crippen molar-refractivity contribution in [2.24, 2.45) is 0 Å². The minimum Gasteiger partial charge on any atom is -0.361 e. The fourth-order valence-corrected chi connectivity index (χ4v) is 4.33. The lowest BCUT2D eigenvalue weighted by Gasteiger charge is -2.12. The standard InChI is InChI=1S/C28H26N4O2/c1-18-7-12-24-23(15-18)22(16-30-24)13-14-29-27(33)21-10-8-20(9-11-21)17-32-26-6-4-3-5-25(26)31-19(2)28(32)34/h3-12,15-16,30H,13-14,17H2,1-2H3,(H,29,33). The van der Waals surface area contributed by atoms with Crippen LogP contribution in [0, 0.1) is 13.8 Å². The molecule has 0 atom stereocenters. The van der Waals surface area contributed by atoms with E-state index in [2.05, 4.69) is 40.4 Å². The van der Waals surface area contributed by atoms with Gasteiger partial charge in [0.2, 0.25) is 0 Å². The number of nitrogens with zero attached hydrogens (tertiary/aromatic N) is 2. The van der Waals surface area contributed by atoms with Gasteiger partial charge >= 0.3 is 0 Å². The van der Waals surface area contributed by atoms with Crippen molar-refractivity contribution in [3.05, 3.63) is 111 Å².